The average Bonchev–Trinajstić information content (AvgIpc) is 2.45. The van der Waals surface area contributed by atoms with Gasteiger partial charge in [0.2, 0.25) is 0 Å². The number of nitro groups is 1. The molecule has 1 saturated heterocycles. The van der Waals surface area contributed by atoms with Gasteiger partial charge in [0, 0.05) is 47.7 Å². The van der Waals surface area contributed by atoms with Crippen molar-refractivity contribution in [1.29, 1.82) is 0 Å². The van der Waals surface area contributed by atoms with Crippen molar-refractivity contribution in [3.8, 4) is 0 Å². The second-order valence-electron chi connectivity index (χ2n) is 4.67. The van der Waals surface area contributed by atoms with Crippen molar-refractivity contribution in [2.45, 2.75) is 5.37 Å². The minimum Gasteiger partial charge on any atom is -0.353 e. The highest BCUT2D eigenvalue weighted by molar-refractivity contribution is 8.01. The topological polar surface area (TPSA) is 97.6 Å². The van der Waals surface area contributed by atoms with Crippen LogP contribution in [0.3, 0.4) is 0 Å². The van der Waals surface area contributed by atoms with E-state index in [0.717, 1.165) is 12.0 Å². The zero-order valence-electron chi connectivity index (χ0n) is 11.3. The molecule has 0 radical (unpaired) electrons. The van der Waals surface area contributed by atoms with Crippen LogP contribution >= 0.6 is 11.8 Å². The largest absolute Gasteiger partial charge is 0.353 e. The van der Waals surface area contributed by atoms with Crippen LogP contribution in [-0.4, -0.2) is 49.3 Å². The lowest BCUT2D eigenvalue weighted by atomic mass is 10.1. The van der Waals surface area contributed by atoms with E-state index in [9.17, 15) is 23.3 Å². The van der Waals surface area contributed by atoms with Gasteiger partial charge in [0.1, 0.15) is 5.37 Å². The molecule has 1 atom stereocenters. The Morgan fingerprint density at radius 2 is 2.19 bits per heavy atom. The van der Waals surface area contributed by atoms with Crippen LogP contribution in [0.1, 0.15) is 10.4 Å². The van der Waals surface area contributed by atoms with Crippen molar-refractivity contribution in [3.63, 3.8) is 0 Å². The summed E-state index contributed by atoms with van der Waals surface area (Å²) < 4.78 is 23.8. The average molecular weight is 330 g/mol. The van der Waals surface area contributed by atoms with Gasteiger partial charge in [-0.3, -0.25) is 14.9 Å². The lowest BCUT2D eigenvalue weighted by molar-refractivity contribution is -0.384. The van der Waals surface area contributed by atoms with Crippen LogP contribution in [0.4, 0.5) is 11.4 Å². The highest BCUT2D eigenvalue weighted by Crippen LogP contribution is 2.30. The molecule has 1 fully saturated rings. The number of benzene rings is 1. The van der Waals surface area contributed by atoms with Gasteiger partial charge in [-0.25, -0.2) is 8.42 Å². The third-order valence-corrected chi connectivity index (χ3v) is 5.88. The summed E-state index contributed by atoms with van der Waals surface area (Å²) in [6.45, 7) is 0.473. The number of hydrogen-bond acceptors (Lipinski definition) is 7. The number of nitrogens with zero attached hydrogens (tertiary/aromatic N) is 2. The smallest absolute Gasteiger partial charge is 0.270 e. The maximum absolute atomic E-state index is 11.9. The molecule has 0 bridgehead atoms. The Kier molecular flexibility index (Phi) is 4.52. The molecule has 2 rings (SSSR count). The number of nitro benzene ring substituents is 1. The maximum Gasteiger partial charge on any atom is 0.270 e. The first kappa shape index (κ1) is 15.8. The molecule has 0 aliphatic carbocycles. The Bertz CT molecular complexity index is 674. The first-order valence-corrected chi connectivity index (χ1v) is 9.22. The second kappa shape index (κ2) is 6.02. The van der Waals surface area contributed by atoms with Gasteiger partial charge in [-0.1, -0.05) is 0 Å². The van der Waals surface area contributed by atoms with Crippen molar-refractivity contribution in [1.82, 2.24) is 0 Å². The molecule has 9 heteroatoms. The molecule has 0 N–H and O–H groups in total. The fourth-order valence-corrected chi connectivity index (χ4v) is 5.06. The monoisotopic (exact) mass is 330 g/mol. The van der Waals surface area contributed by atoms with Crippen molar-refractivity contribution in [2.24, 2.45) is 0 Å². The number of sulfone groups is 1. The molecule has 1 aliphatic rings. The Morgan fingerprint density at radius 3 is 2.76 bits per heavy atom. The van der Waals surface area contributed by atoms with E-state index in [1.807, 2.05) is 0 Å². The summed E-state index contributed by atoms with van der Waals surface area (Å²) in [5.74, 6) is 1.15. The molecule has 1 unspecified atom stereocenters. The van der Waals surface area contributed by atoms with Crippen LogP contribution in [0, 0.1) is 10.1 Å². The summed E-state index contributed by atoms with van der Waals surface area (Å²) in [5, 5.41) is 10.0. The molecule has 1 heterocycles. The van der Waals surface area contributed by atoms with Crippen LogP contribution in [-0.2, 0) is 9.84 Å². The van der Waals surface area contributed by atoms with Crippen LogP contribution in [0.2, 0.25) is 0 Å². The van der Waals surface area contributed by atoms with Crippen LogP contribution < -0.4 is 4.90 Å². The summed E-state index contributed by atoms with van der Waals surface area (Å²) in [4.78, 5) is 23.0. The quantitative estimate of drug-likeness (QED) is 0.466. The second-order valence-corrected chi connectivity index (χ2v) is 8.02. The van der Waals surface area contributed by atoms with E-state index in [4.69, 9.17) is 0 Å². The van der Waals surface area contributed by atoms with E-state index in [0.29, 0.717) is 24.3 Å². The van der Waals surface area contributed by atoms with E-state index >= 15 is 0 Å². The SMILES string of the molecule is CS(=O)(=O)C1CSCCN1c1ccc([N+](=O)[O-])cc1C=O. The van der Waals surface area contributed by atoms with E-state index in [-0.39, 0.29) is 11.3 Å². The van der Waals surface area contributed by atoms with Crippen molar-refractivity contribution >= 4 is 39.3 Å². The molecule has 1 aromatic carbocycles. The number of aldehydes is 1. The van der Waals surface area contributed by atoms with Crippen molar-refractivity contribution < 1.29 is 18.1 Å². The number of carbonyl (C=O) groups excluding carboxylic acids is 1. The third kappa shape index (κ3) is 3.35. The highest BCUT2D eigenvalue weighted by Gasteiger charge is 2.32. The number of thioether (sulfide) groups is 1. The lowest BCUT2D eigenvalue weighted by Crippen LogP contribution is -2.47. The van der Waals surface area contributed by atoms with Gasteiger partial charge in [-0.15, -0.1) is 0 Å². The van der Waals surface area contributed by atoms with Crippen LogP contribution in [0.25, 0.3) is 0 Å². The third-order valence-electron chi connectivity index (χ3n) is 3.24. The number of non-ortho nitro benzene ring substituents is 1. The normalized spacial score (nSPS) is 19.3. The Labute approximate surface area is 126 Å². The predicted octanol–water partition coefficient (Wildman–Crippen LogP) is 1.33. The molecule has 1 aliphatic heterocycles. The molecule has 114 valence electrons. The first-order valence-electron chi connectivity index (χ1n) is 6.11. The molecule has 21 heavy (non-hydrogen) atoms. The van der Waals surface area contributed by atoms with E-state index in [1.165, 1.54) is 30.0 Å². The summed E-state index contributed by atoms with van der Waals surface area (Å²) >= 11 is 1.53. The Morgan fingerprint density at radius 1 is 1.48 bits per heavy atom. The molecule has 7 nitrogen and oxygen atoms in total. The van der Waals surface area contributed by atoms with Gasteiger partial charge in [0.05, 0.1) is 4.92 Å². The standard InChI is InChI=1S/C12H14N2O5S2/c1-21(18,19)12-8-20-5-4-13(12)11-3-2-10(14(16)17)6-9(11)7-15/h2-3,6-7,12H,4-5,8H2,1H3. The van der Waals surface area contributed by atoms with Gasteiger partial charge in [0.15, 0.2) is 16.1 Å². The number of anilines is 1. The fourth-order valence-electron chi connectivity index (χ4n) is 2.22. The fraction of sp³-hybridized carbons (Fsp3) is 0.417. The van der Waals surface area contributed by atoms with Gasteiger partial charge in [-0.05, 0) is 6.07 Å². The summed E-state index contributed by atoms with van der Waals surface area (Å²) in [7, 11) is -3.32. The first-order chi connectivity index (χ1) is 9.84. The van der Waals surface area contributed by atoms with Gasteiger partial charge in [0.25, 0.3) is 5.69 Å². The summed E-state index contributed by atoms with van der Waals surface area (Å²) in [6.07, 6.45) is 1.67. The Hall–Kier alpha value is -1.61. The lowest BCUT2D eigenvalue weighted by Gasteiger charge is -2.36. The number of carbonyl (C=O) groups is 1. The zero-order valence-corrected chi connectivity index (χ0v) is 12.9. The van der Waals surface area contributed by atoms with E-state index < -0.39 is 20.1 Å². The summed E-state index contributed by atoms with van der Waals surface area (Å²) in [6, 6.07) is 3.89. The van der Waals surface area contributed by atoms with E-state index in [2.05, 4.69) is 0 Å². The molecule has 0 aromatic heterocycles. The van der Waals surface area contributed by atoms with Gasteiger partial charge >= 0.3 is 0 Å². The molecule has 1 aromatic rings. The zero-order chi connectivity index (χ0) is 15.6. The van der Waals surface area contributed by atoms with Gasteiger partial charge in [-0.2, -0.15) is 11.8 Å². The Balaban J connectivity index is 2.48. The highest BCUT2D eigenvalue weighted by atomic mass is 32.2. The minimum atomic E-state index is -3.32. The molecular formula is C12H14N2O5S2. The predicted molar refractivity (Wildman–Crippen MR) is 81.8 cm³/mol. The van der Waals surface area contributed by atoms with Crippen LogP contribution in [0.5, 0.6) is 0 Å². The van der Waals surface area contributed by atoms with E-state index in [1.54, 1.807) is 4.90 Å². The molecular weight excluding hydrogens is 316 g/mol. The number of rotatable bonds is 4. The number of hydrogen-bond donors (Lipinski definition) is 0. The van der Waals surface area contributed by atoms with Crippen molar-refractivity contribution in [3.05, 3.63) is 33.9 Å². The van der Waals surface area contributed by atoms with Gasteiger partial charge < -0.3 is 4.90 Å². The molecule has 0 amide bonds. The molecule has 0 saturated carbocycles. The molecule has 0 spiro atoms. The maximum atomic E-state index is 11.9. The van der Waals surface area contributed by atoms with Crippen LogP contribution in [0.15, 0.2) is 18.2 Å². The van der Waals surface area contributed by atoms with Crippen molar-refractivity contribution in [2.75, 3.05) is 29.2 Å². The minimum absolute atomic E-state index is 0.129. The summed E-state index contributed by atoms with van der Waals surface area (Å²) in [5.41, 5.74) is 0.360.